The summed E-state index contributed by atoms with van der Waals surface area (Å²) in [4.78, 5) is 7.07. The van der Waals surface area contributed by atoms with Crippen LogP contribution < -0.4 is 5.32 Å². The molecule has 154 valence electrons. The van der Waals surface area contributed by atoms with Crippen molar-refractivity contribution >= 4 is 0 Å². The van der Waals surface area contributed by atoms with E-state index in [1.807, 2.05) is 0 Å². The molecular weight excluding hydrogens is 370 g/mol. The third-order valence-corrected chi connectivity index (χ3v) is 6.90. The highest BCUT2D eigenvalue weighted by molar-refractivity contribution is 5.36. The van der Waals surface area contributed by atoms with Gasteiger partial charge in [-0.15, -0.1) is 0 Å². The first-order valence-corrected chi connectivity index (χ1v) is 11.0. The van der Waals surface area contributed by atoms with Crippen molar-refractivity contribution in [2.75, 3.05) is 13.1 Å². The minimum Gasteiger partial charge on any atom is -0.506 e. The van der Waals surface area contributed by atoms with Crippen LogP contribution in [0, 0.1) is 5.92 Å². The third kappa shape index (κ3) is 3.73. The minimum absolute atomic E-state index is 0.269. The van der Waals surface area contributed by atoms with Crippen LogP contribution in [0.3, 0.4) is 0 Å². The number of rotatable bonds is 6. The van der Waals surface area contributed by atoms with E-state index in [2.05, 4.69) is 75.9 Å². The van der Waals surface area contributed by atoms with E-state index >= 15 is 0 Å². The molecule has 2 aromatic carbocycles. The van der Waals surface area contributed by atoms with Crippen molar-refractivity contribution in [2.45, 2.75) is 37.4 Å². The van der Waals surface area contributed by atoms with Gasteiger partial charge in [0.2, 0.25) is 0 Å². The number of aromatic hydroxyl groups is 1. The Kier molecular flexibility index (Phi) is 5.52. The van der Waals surface area contributed by atoms with Crippen LogP contribution in [0.4, 0.5) is 0 Å². The molecule has 3 aliphatic rings. The lowest BCUT2D eigenvalue weighted by atomic mass is 9.70. The van der Waals surface area contributed by atoms with Gasteiger partial charge in [-0.2, -0.15) is 0 Å². The second-order valence-electron chi connectivity index (χ2n) is 8.54. The summed E-state index contributed by atoms with van der Waals surface area (Å²) in [5.41, 5.74) is 3.46. The topological polar surface area (TPSA) is 48.4 Å². The third-order valence-electron chi connectivity index (χ3n) is 6.90. The zero-order valence-electron chi connectivity index (χ0n) is 17.2. The SMILES string of the molecule is Oc1cccnc1CNC1C2CCN(CC2)C1C(c1ccccc1)c1ccccc1. The van der Waals surface area contributed by atoms with Gasteiger partial charge in [0, 0.05) is 30.7 Å². The molecule has 4 heterocycles. The van der Waals surface area contributed by atoms with E-state index in [0.29, 0.717) is 30.5 Å². The molecule has 0 aliphatic carbocycles. The van der Waals surface area contributed by atoms with Crippen LogP contribution in [0.25, 0.3) is 0 Å². The molecule has 0 radical (unpaired) electrons. The molecule has 4 heteroatoms. The fourth-order valence-electron chi connectivity index (χ4n) is 5.48. The Balaban J connectivity index is 1.50. The van der Waals surface area contributed by atoms with Crippen LogP contribution in [0.2, 0.25) is 0 Å². The Morgan fingerprint density at radius 1 is 0.900 bits per heavy atom. The van der Waals surface area contributed by atoms with E-state index in [-0.39, 0.29) is 5.75 Å². The van der Waals surface area contributed by atoms with Crippen LogP contribution in [-0.4, -0.2) is 40.2 Å². The monoisotopic (exact) mass is 399 g/mol. The van der Waals surface area contributed by atoms with Gasteiger partial charge in [0.1, 0.15) is 5.75 Å². The lowest BCUT2D eigenvalue weighted by Gasteiger charge is -2.54. The summed E-state index contributed by atoms with van der Waals surface area (Å²) in [6.07, 6.45) is 4.22. The number of pyridine rings is 1. The molecule has 0 amide bonds. The fourth-order valence-corrected chi connectivity index (χ4v) is 5.48. The highest BCUT2D eigenvalue weighted by Crippen LogP contribution is 2.42. The Morgan fingerprint density at radius 3 is 2.13 bits per heavy atom. The standard InChI is InChI=1S/C26H29N3O/c30-23-12-7-15-27-22(23)18-28-25-21-13-16-29(17-14-21)26(25)24(19-8-3-1-4-9-19)20-10-5-2-6-11-20/h1-12,15,21,24-26,28,30H,13-14,16-18H2. The van der Waals surface area contributed by atoms with E-state index < -0.39 is 0 Å². The molecule has 2 atom stereocenters. The minimum atomic E-state index is 0.269. The number of fused-ring (bicyclic) bond motifs is 3. The summed E-state index contributed by atoms with van der Waals surface area (Å²) in [7, 11) is 0. The van der Waals surface area contributed by atoms with Gasteiger partial charge in [-0.3, -0.25) is 9.88 Å². The highest BCUT2D eigenvalue weighted by Gasteiger charge is 2.46. The first kappa shape index (κ1) is 19.3. The zero-order valence-corrected chi connectivity index (χ0v) is 17.2. The second-order valence-corrected chi connectivity index (χ2v) is 8.54. The summed E-state index contributed by atoms with van der Waals surface area (Å²) < 4.78 is 0. The van der Waals surface area contributed by atoms with Gasteiger partial charge in [0.05, 0.1) is 5.69 Å². The molecule has 0 spiro atoms. The van der Waals surface area contributed by atoms with E-state index in [0.717, 1.165) is 5.69 Å². The van der Waals surface area contributed by atoms with Crippen LogP contribution in [0.5, 0.6) is 5.75 Å². The zero-order chi connectivity index (χ0) is 20.3. The van der Waals surface area contributed by atoms with Crippen molar-refractivity contribution < 1.29 is 5.11 Å². The number of hydrogen-bond acceptors (Lipinski definition) is 4. The molecule has 3 fully saturated rings. The van der Waals surface area contributed by atoms with E-state index in [1.54, 1.807) is 18.3 Å². The molecule has 3 saturated heterocycles. The highest BCUT2D eigenvalue weighted by atomic mass is 16.3. The van der Waals surface area contributed by atoms with Crippen LogP contribution >= 0.6 is 0 Å². The normalized spacial score (nSPS) is 25.5. The summed E-state index contributed by atoms with van der Waals surface area (Å²) in [5.74, 6) is 1.23. The van der Waals surface area contributed by atoms with Gasteiger partial charge in [-0.25, -0.2) is 0 Å². The molecule has 3 aromatic rings. The van der Waals surface area contributed by atoms with Gasteiger partial charge < -0.3 is 10.4 Å². The molecular formula is C26H29N3O. The maximum absolute atomic E-state index is 10.2. The van der Waals surface area contributed by atoms with E-state index in [9.17, 15) is 5.11 Å². The van der Waals surface area contributed by atoms with Crippen LogP contribution in [0.15, 0.2) is 79.0 Å². The number of nitrogens with zero attached hydrogens (tertiary/aromatic N) is 2. The Bertz CT molecular complexity index is 915. The smallest absolute Gasteiger partial charge is 0.138 e. The maximum atomic E-state index is 10.2. The molecule has 2 unspecified atom stereocenters. The van der Waals surface area contributed by atoms with E-state index in [4.69, 9.17) is 0 Å². The summed E-state index contributed by atoms with van der Waals surface area (Å²) in [5, 5.41) is 14.0. The lowest BCUT2D eigenvalue weighted by molar-refractivity contribution is 0.00450. The van der Waals surface area contributed by atoms with Gasteiger partial charge in [-0.1, -0.05) is 60.7 Å². The van der Waals surface area contributed by atoms with Crippen molar-refractivity contribution in [2.24, 2.45) is 5.92 Å². The molecule has 2 bridgehead atoms. The van der Waals surface area contributed by atoms with Crippen molar-refractivity contribution in [1.82, 2.24) is 15.2 Å². The van der Waals surface area contributed by atoms with E-state index in [1.165, 1.54) is 37.1 Å². The quantitative estimate of drug-likeness (QED) is 0.653. The Labute approximate surface area is 178 Å². The molecule has 2 N–H and O–H groups in total. The predicted octanol–water partition coefficient (Wildman–Crippen LogP) is 4.17. The summed E-state index contributed by atoms with van der Waals surface area (Å²) in [6, 6.07) is 26.1. The average molecular weight is 400 g/mol. The van der Waals surface area contributed by atoms with Crippen LogP contribution in [-0.2, 0) is 6.54 Å². The fraction of sp³-hybridized carbons (Fsp3) is 0.346. The van der Waals surface area contributed by atoms with Crippen molar-refractivity contribution in [3.05, 3.63) is 95.8 Å². The number of nitrogens with one attached hydrogen (secondary N) is 1. The molecule has 4 nitrogen and oxygen atoms in total. The number of hydrogen-bond donors (Lipinski definition) is 2. The average Bonchev–Trinajstić information content (AvgIpc) is 2.81. The second kappa shape index (κ2) is 8.58. The van der Waals surface area contributed by atoms with Gasteiger partial charge in [-0.05, 0) is 55.1 Å². The largest absolute Gasteiger partial charge is 0.506 e. The van der Waals surface area contributed by atoms with Gasteiger partial charge in [0.25, 0.3) is 0 Å². The van der Waals surface area contributed by atoms with Gasteiger partial charge >= 0.3 is 0 Å². The summed E-state index contributed by atoms with van der Waals surface area (Å²) in [6.45, 7) is 2.92. The van der Waals surface area contributed by atoms with Gasteiger partial charge in [0.15, 0.2) is 0 Å². The first-order chi connectivity index (χ1) is 14.8. The predicted molar refractivity (Wildman–Crippen MR) is 119 cm³/mol. The number of benzene rings is 2. The number of aromatic nitrogens is 1. The molecule has 3 aliphatic heterocycles. The molecule has 1 aromatic heterocycles. The Morgan fingerprint density at radius 2 is 1.53 bits per heavy atom. The lowest BCUT2D eigenvalue weighted by Crippen LogP contribution is -2.64. The first-order valence-electron chi connectivity index (χ1n) is 11.0. The molecule has 0 saturated carbocycles. The van der Waals surface area contributed by atoms with Crippen molar-refractivity contribution in [3.8, 4) is 5.75 Å². The number of piperidine rings is 3. The molecule has 30 heavy (non-hydrogen) atoms. The Hall–Kier alpha value is -2.69. The summed E-state index contributed by atoms with van der Waals surface area (Å²) >= 11 is 0. The molecule has 6 rings (SSSR count). The van der Waals surface area contributed by atoms with Crippen LogP contribution in [0.1, 0.15) is 35.6 Å². The maximum Gasteiger partial charge on any atom is 0.138 e. The van der Waals surface area contributed by atoms with Crippen molar-refractivity contribution in [1.29, 1.82) is 0 Å². The van der Waals surface area contributed by atoms with Crippen molar-refractivity contribution in [3.63, 3.8) is 0 Å².